The van der Waals surface area contributed by atoms with Crippen LogP contribution in [0.3, 0.4) is 0 Å². The molecular formula is C16H13BrFN3OS. The lowest BCUT2D eigenvalue weighted by molar-refractivity contribution is -0.114. The minimum absolute atomic E-state index is 0.133. The highest BCUT2D eigenvalue weighted by molar-refractivity contribution is 9.10. The van der Waals surface area contributed by atoms with Gasteiger partial charge in [-0.05, 0) is 30.3 Å². The Balaban J connectivity index is 1.71. The molecular weight excluding hydrogens is 381 g/mol. The Bertz CT molecular complexity index is 867. The number of hydrogen-bond acceptors (Lipinski definition) is 4. The number of hydrogen-bond donors (Lipinski definition) is 1. The fourth-order valence-electron chi connectivity index (χ4n) is 2.12. The zero-order valence-corrected chi connectivity index (χ0v) is 14.6. The molecule has 0 saturated carbocycles. The molecule has 0 spiro atoms. The molecule has 0 radical (unpaired) electrons. The molecule has 0 bridgehead atoms. The predicted octanol–water partition coefficient (Wildman–Crippen LogP) is 4.27. The first-order valence-electron chi connectivity index (χ1n) is 6.84. The van der Waals surface area contributed by atoms with Crippen LogP contribution in [-0.2, 0) is 4.79 Å². The zero-order valence-electron chi connectivity index (χ0n) is 12.2. The van der Waals surface area contributed by atoms with Crippen molar-refractivity contribution < 1.29 is 9.18 Å². The maximum absolute atomic E-state index is 13.7. The molecule has 7 heteroatoms. The van der Waals surface area contributed by atoms with Crippen LogP contribution in [0.15, 0.2) is 46.9 Å². The highest BCUT2D eigenvalue weighted by Crippen LogP contribution is 2.29. The third kappa shape index (κ3) is 3.68. The molecule has 2 aromatic carbocycles. The van der Waals surface area contributed by atoms with Crippen molar-refractivity contribution in [2.75, 3.05) is 23.8 Å². The summed E-state index contributed by atoms with van der Waals surface area (Å²) in [6, 6.07) is 12.2. The molecule has 23 heavy (non-hydrogen) atoms. The number of para-hydroxylation sites is 1. The third-order valence-corrected chi connectivity index (χ3v) is 4.80. The molecule has 1 N–H and O–H groups in total. The summed E-state index contributed by atoms with van der Waals surface area (Å²) in [6.45, 7) is 0.133. The lowest BCUT2D eigenvalue weighted by Gasteiger charge is -2.15. The normalized spacial score (nSPS) is 10.7. The second kappa shape index (κ2) is 6.64. The number of benzene rings is 2. The van der Waals surface area contributed by atoms with Gasteiger partial charge in [-0.15, -0.1) is 0 Å². The molecule has 1 heterocycles. The minimum atomic E-state index is -0.350. The first-order chi connectivity index (χ1) is 11.0. The first-order valence-corrected chi connectivity index (χ1v) is 8.45. The average Bonchev–Trinajstić information content (AvgIpc) is 2.93. The van der Waals surface area contributed by atoms with Gasteiger partial charge >= 0.3 is 0 Å². The van der Waals surface area contributed by atoms with Gasteiger partial charge in [0.2, 0.25) is 5.91 Å². The number of carbonyl (C=O) groups is 1. The second-order valence-electron chi connectivity index (χ2n) is 5.00. The van der Waals surface area contributed by atoms with Crippen LogP contribution >= 0.6 is 27.3 Å². The summed E-state index contributed by atoms with van der Waals surface area (Å²) in [4.78, 5) is 18.1. The maximum Gasteiger partial charge on any atom is 0.243 e. The van der Waals surface area contributed by atoms with E-state index in [0.717, 1.165) is 9.17 Å². The molecule has 0 atom stereocenters. The number of fused-ring (bicyclic) bond motifs is 1. The summed E-state index contributed by atoms with van der Waals surface area (Å²) in [5.41, 5.74) is 1.06. The topological polar surface area (TPSA) is 45.2 Å². The molecule has 118 valence electrons. The lowest BCUT2D eigenvalue weighted by atomic mass is 10.3. The van der Waals surface area contributed by atoms with Crippen molar-refractivity contribution >= 4 is 54.2 Å². The average molecular weight is 394 g/mol. The fraction of sp³-hybridized carbons (Fsp3) is 0.125. The molecule has 4 nitrogen and oxygen atoms in total. The van der Waals surface area contributed by atoms with E-state index in [0.29, 0.717) is 16.3 Å². The predicted molar refractivity (Wildman–Crippen MR) is 95.6 cm³/mol. The number of aromatic nitrogens is 1. The van der Waals surface area contributed by atoms with Gasteiger partial charge in [0.15, 0.2) is 5.13 Å². The summed E-state index contributed by atoms with van der Waals surface area (Å²) in [6.07, 6.45) is 0. The highest BCUT2D eigenvalue weighted by Gasteiger charge is 2.14. The second-order valence-corrected chi connectivity index (χ2v) is 6.92. The molecule has 3 rings (SSSR count). The largest absolute Gasteiger partial charge is 0.342 e. The van der Waals surface area contributed by atoms with Gasteiger partial charge in [0.25, 0.3) is 0 Å². The smallest absolute Gasteiger partial charge is 0.243 e. The summed E-state index contributed by atoms with van der Waals surface area (Å²) in [5.74, 6) is -0.512. The van der Waals surface area contributed by atoms with Gasteiger partial charge in [0.05, 0.1) is 11.2 Å². The monoisotopic (exact) mass is 393 g/mol. The van der Waals surface area contributed by atoms with Gasteiger partial charge in [-0.2, -0.15) is 0 Å². The van der Waals surface area contributed by atoms with E-state index >= 15 is 0 Å². The van der Waals surface area contributed by atoms with Crippen LogP contribution < -0.4 is 10.2 Å². The Labute approximate surface area is 145 Å². The van der Waals surface area contributed by atoms with Crippen molar-refractivity contribution in [1.82, 2.24) is 4.98 Å². The van der Waals surface area contributed by atoms with Crippen molar-refractivity contribution in [1.29, 1.82) is 0 Å². The summed E-state index contributed by atoms with van der Waals surface area (Å²) in [5, 5.41) is 3.43. The standard InChI is InChI=1S/C16H13BrFN3OS/c1-21(9-14(22)19-11-5-2-4-10(17)8-11)16-20-15-12(18)6-3-7-13(15)23-16/h2-8H,9H2,1H3,(H,19,22). The summed E-state index contributed by atoms with van der Waals surface area (Å²) in [7, 11) is 1.76. The Morgan fingerprint density at radius 1 is 1.35 bits per heavy atom. The molecule has 0 aliphatic carbocycles. The van der Waals surface area contributed by atoms with Crippen LogP contribution in [0.4, 0.5) is 15.2 Å². The van der Waals surface area contributed by atoms with Gasteiger partial charge in [0.1, 0.15) is 11.3 Å². The number of anilines is 2. The van der Waals surface area contributed by atoms with Crippen LogP contribution in [0.5, 0.6) is 0 Å². The SMILES string of the molecule is CN(CC(=O)Nc1cccc(Br)c1)c1nc2c(F)cccc2s1. The summed E-state index contributed by atoms with van der Waals surface area (Å²) >= 11 is 4.72. The van der Waals surface area contributed by atoms with Crippen molar-refractivity contribution in [3.05, 3.63) is 52.8 Å². The Kier molecular flexibility index (Phi) is 4.58. The number of rotatable bonds is 4. The Morgan fingerprint density at radius 3 is 2.87 bits per heavy atom. The number of halogens is 2. The number of thiazole rings is 1. The van der Waals surface area contributed by atoms with Crippen LogP contribution in [0.2, 0.25) is 0 Å². The lowest BCUT2D eigenvalue weighted by Crippen LogP contribution is -2.29. The Hall–Kier alpha value is -1.99. The van der Waals surface area contributed by atoms with E-state index in [1.807, 2.05) is 30.3 Å². The minimum Gasteiger partial charge on any atom is -0.342 e. The molecule has 1 amide bonds. The Morgan fingerprint density at radius 2 is 2.13 bits per heavy atom. The summed E-state index contributed by atoms with van der Waals surface area (Å²) < 4.78 is 15.3. The van der Waals surface area contributed by atoms with Crippen LogP contribution in [-0.4, -0.2) is 24.5 Å². The van der Waals surface area contributed by atoms with Crippen LogP contribution in [0, 0.1) is 5.82 Å². The number of amides is 1. The molecule has 0 unspecified atom stereocenters. The number of nitrogens with zero attached hydrogens (tertiary/aromatic N) is 2. The van der Waals surface area contributed by atoms with Crippen molar-refractivity contribution in [3.8, 4) is 0 Å². The molecule has 3 aromatic rings. The van der Waals surface area contributed by atoms with E-state index in [4.69, 9.17) is 0 Å². The van der Waals surface area contributed by atoms with E-state index in [1.165, 1.54) is 17.4 Å². The van der Waals surface area contributed by atoms with Crippen molar-refractivity contribution in [2.45, 2.75) is 0 Å². The van der Waals surface area contributed by atoms with E-state index in [9.17, 15) is 9.18 Å². The zero-order chi connectivity index (χ0) is 16.4. The molecule has 0 saturated heterocycles. The van der Waals surface area contributed by atoms with Crippen LogP contribution in [0.25, 0.3) is 10.2 Å². The number of likely N-dealkylation sites (N-methyl/N-ethyl adjacent to an activating group) is 1. The molecule has 0 aliphatic rings. The van der Waals surface area contributed by atoms with Crippen LogP contribution in [0.1, 0.15) is 0 Å². The highest BCUT2D eigenvalue weighted by atomic mass is 79.9. The first kappa shape index (κ1) is 15.9. The fourth-order valence-corrected chi connectivity index (χ4v) is 3.46. The van der Waals surface area contributed by atoms with Gasteiger partial charge in [0, 0.05) is 17.2 Å². The molecule has 1 aromatic heterocycles. The van der Waals surface area contributed by atoms with E-state index in [-0.39, 0.29) is 18.3 Å². The number of carbonyl (C=O) groups excluding carboxylic acids is 1. The molecule has 0 aliphatic heterocycles. The van der Waals surface area contributed by atoms with E-state index in [1.54, 1.807) is 18.0 Å². The van der Waals surface area contributed by atoms with E-state index in [2.05, 4.69) is 26.2 Å². The molecule has 0 fully saturated rings. The maximum atomic E-state index is 13.7. The number of nitrogens with one attached hydrogen (secondary N) is 1. The van der Waals surface area contributed by atoms with Crippen molar-refractivity contribution in [2.24, 2.45) is 0 Å². The third-order valence-electron chi connectivity index (χ3n) is 3.17. The van der Waals surface area contributed by atoms with Gasteiger partial charge in [-0.25, -0.2) is 9.37 Å². The van der Waals surface area contributed by atoms with Gasteiger partial charge < -0.3 is 10.2 Å². The van der Waals surface area contributed by atoms with Gasteiger partial charge in [-0.1, -0.05) is 39.4 Å². The van der Waals surface area contributed by atoms with Gasteiger partial charge in [-0.3, -0.25) is 4.79 Å². The van der Waals surface area contributed by atoms with Crippen molar-refractivity contribution in [3.63, 3.8) is 0 Å². The van der Waals surface area contributed by atoms with E-state index < -0.39 is 0 Å². The quantitative estimate of drug-likeness (QED) is 0.719.